The van der Waals surface area contributed by atoms with Crippen molar-refractivity contribution in [1.29, 1.82) is 0 Å². The third-order valence-electron chi connectivity index (χ3n) is 5.26. The van der Waals surface area contributed by atoms with E-state index in [1.807, 2.05) is 65.3 Å². The second-order valence-corrected chi connectivity index (χ2v) is 7.20. The van der Waals surface area contributed by atoms with Crippen molar-refractivity contribution in [2.45, 2.75) is 13.8 Å². The van der Waals surface area contributed by atoms with Crippen molar-refractivity contribution in [1.82, 2.24) is 14.9 Å². The summed E-state index contributed by atoms with van der Waals surface area (Å²) in [5.74, 6) is 0.0577. The van der Waals surface area contributed by atoms with Crippen LogP contribution >= 0.6 is 0 Å². The number of aryl methyl sites for hydroxylation is 1. The molecule has 0 aliphatic carbocycles. The Hall–Kier alpha value is -3.48. The maximum absolute atomic E-state index is 12.9. The molecule has 154 valence electrons. The molecule has 1 amide bonds. The summed E-state index contributed by atoms with van der Waals surface area (Å²) >= 11 is 0. The van der Waals surface area contributed by atoms with Crippen molar-refractivity contribution in [3.8, 4) is 0 Å². The number of hydrogen-bond donors (Lipinski definition) is 0. The van der Waals surface area contributed by atoms with Crippen LogP contribution in [0.25, 0.3) is 11.0 Å². The summed E-state index contributed by atoms with van der Waals surface area (Å²) in [7, 11) is 0. The molecule has 0 spiro atoms. The number of fused-ring (bicyclic) bond motifs is 1. The highest BCUT2D eigenvalue weighted by atomic mass is 16.5. The Labute approximate surface area is 175 Å². The fourth-order valence-corrected chi connectivity index (χ4v) is 3.65. The first kappa shape index (κ1) is 19.8. The number of carbonyl (C=O) groups is 2. The molecule has 1 aromatic heterocycles. The summed E-state index contributed by atoms with van der Waals surface area (Å²) in [5, 5.41) is 0. The van der Waals surface area contributed by atoms with Crippen molar-refractivity contribution in [3.63, 3.8) is 0 Å². The molecular weight excluding hydrogens is 380 g/mol. The average Bonchev–Trinajstić information content (AvgIpc) is 2.78. The van der Waals surface area contributed by atoms with Gasteiger partial charge in [-0.05, 0) is 37.6 Å². The van der Waals surface area contributed by atoms with E-state index in [2.05, 4.69) is 4.98 Å². The number of rotatable bonds is 4. The third-order valence-corrected chi connectivity index (χ3v) is 5.26. The molecule has 4 rings (SSSR count). The first-order valence-electron chi connectivity index (χ1n) is 10.1. The Morgan fingerprint density at radius 2 is 1.57 bits per heavy atom. The van der Waals surface area contributed by atoms with Gasteiger partial charge < -0.3 is 14.5 Å². The molecule has 0 bridgehead atoms. The zero-order valence-corrected chi connectivity index (χ0v) is 17.2. The summed E-state index contributed by atoms with van der Waals surface area (Å²) in [6.07, 6.45) is 0. The zero-order chi connectivity index (χ0) is 21.1. The minimum Gasteiger partial charge on any atom is -0.461 e. The van der Waals surface area contributed by atoms with Crippen LogP contribution in [0.15, 0.2) is 48.5 Å². The average molecular weight is 404 g/mol. The molecule has 0 N–H and O–H groups in total. The van der Waals surface area contributed by atoms with Crippen LogP contribution in [0.3, 0.4) is 0 Å². The summed E-state index contributed by atoms with van der Waals surface area (Å²) < 4.78 is 5.21. The molecule has 0 saturated carbocycles. The Morgan fingerprint density at radius 1 is 0.933 bits per heavy atom. The van der Waals surface area contributed by atoms with Gasteiger partial charge in [0.25, 0.3) is 5.91 Å². The van der Waals surface area contributed by atoms with Crippen LogP contribution in [-0.4, -0.2) is 59.5 Å². The molecule has 0 unspecified atom stereocenters. The summed E-state index contributed by atoms with van der Waals surface area (Å²) in [4.78, 5) is 38.5. The topological polar surface area (TPSA) is 75.6 Å². The van der Waals surface area contributed by atoms with Crippen molar-refractivity contribution in [3.05, 3.63) is 65.4 Å². The lowest BCUT2D eigenvalue weighted by atomic mass is 10.1. The van der Waals surface area contributed by atoms with Gasteiger partial charge in [0.2, 0.25) is 0 Å². The molecule has 7 nitrogen and oxygen atoms in total. The molecule has 30 heavy (non-hydrogen) atoms. The van der Waals surface area contributed by atoms with Gasteiger partial charge in [0.05, 0.1) is 17.6 Å². The van der Waals surface area contributed by atoms with Crippen molar-refractivity contribution in [2.75, 3.05) is 37.7 Å². The molecule has 2 aromatic carbocycles. The molecule has 2 heterocycles. The quantitative estimate of drug-likeness (QED) is 0.622. The van der Waals surface area contributed by atoms with E-state index in [-0.39, 0.29) is 18.2 Å². The van der Waals surface area contributed by atoms with Crippen LogP contribution in [0.5, 0.6) is 0 Å². The fourth-order valence-electron chi connectivity index (χ4n) is 3.65. The van der Waals surface area contributed by atoms with E-state index in [1.54, 1.807) is 6.92 Å². The van der Waals surface area contributed by atoms with E-state index in [9.17, 15) is 9.59 Å². The predicted molar refractivity (Wildman–Crippen MR) is 115 cm³/mol. The largest absolute Gasteiger partial charge is 0.461 e. The highest BCUT2D eigenvalue weighted by molar-refractivity contribution is 5.97. The number of benzene rings is 2. The maximum Gasteiger partial charge on any atom is 0.360 e. The summed E-state index contributed by atoms with van der Waals surface area (Å²) in [6, 6.07) is 15.1. The number of ether oxygens (including phenoxy) is 1. The van der Waals surface area contributed by atoms with Crippen LogP contribution in [0.4, 0.5) is 5.82 Å². The predicted octanol–water partition coefficient (Wildman–Crippen LogP) is 3.08. The Balaban J connectivity index is 1.58. The van der Waals surface area contributed by atoms with E-state index < -0.39 is 5.97 Å². The number of esters is 1. The lowest BCUT2D eigenvalue weighted by molar-refractivity contribution is 0.0519. The lowest BCUT2D eigenvalue weighted by Crippen LogP contribution is -2.49. The number of piperazine rings is 1. The number of carbonyl (C=O) groups excluding carboxylic acids is 2. The van der Waals surface area contributed by atoms with Crippen LogP contribution in [0, 0.1) is 6.92 Å². The standard InChI is InChI=1S/C23H24N4O3/c1-3-30-23(29)20-21(25-19-11-7-6-10-18(19)24-20)26-12-14-27(15-13-26)22(28)17-9-5-4-8-16(17)2/h4-11H,3,12-15H2,1-2H3. The summed E-state index contributed by atoms with van der Waals surface area (Å²) in [6.45, 7) is 6.20. The van der Waals surface area contributed by atoms with Crippen LogP contribution in [-0.2, 0) is 4.74 Å². The monoisotopic (exact) mass is 404 g/mol. The molecule has 1 aliphatic heterocycles. The molecule has 0 atom stereocenters. The van der Waals surface area contributed by atoms with Gasteiger partial charge in [0, 0.05) is 31.7 Å². The van der Waals surface area contributed by atoms with E-state index in [0.29, 0.717) is 37.5 Å². The van der Waals surface area contributed by atoms with E-state index in [1.165, 1.54) is 0 Å². The van der Waals surface area contributed by atoms with Gasteiger partial charge >= 0.3 is 5.97 Å². The smallest absolute Gasteiger partial charge is 0.360 e. The third kappa shape index (κ3) is 3.83. The molecular formula is C23H24N4O3. The van der Waals surface area contributed by atoms with Crippen molar-refractivity contribution >= 4 is 28.7 Å². The first-order chi connectivity index (χ1) is 14.6. The van der Waals surface area contributed by atoms with E-state index in [4.69, 9.17) is 9.72 Å². The van der Waals surface area contributed by atoms with Gasteiger partial charge in [-0.3, -0.25) is 4.79 Å². The van der Waals surface area contributed by atoms with Crippen molar-refractivity contribution in [2.24, 2.45) is 0 Å². The van der Waals surface area contributed by atoms with Crippen LogP contribution in [0.2, 0.25) is 0 Å². The SMILES string of the molecule is CCOC(=O)c1nc2ccccc2nc1N1CCN(C(=O)c2ccccc2C)CC1. The highest BCUT2D eigenvalue weighted by Crippen LogP contribution is 2.23. The van der Waals surface area contributed by atoms with Crippen LogP contribution in [0.1, 0.15) is 33.3 Å². The number of para-hydroxylation sites is 2. The van der Waals surface area contributed by atoms with Gasteiger partial charge in [0.15, 0.2) is 11.5 Å². The first-order valence-corrected chi connectivity index (χ1v) is 10.1. The number of amides is 1. The van der Waals surface area contributed by atoms with Gasteiger partial charge in [-0.2, -0.15) is 0 Å². The highest BCUT2D eigenvalue weighted by Gasteiger charge is 2.28. The number of hydrogen-bond acceptors (Lipinski definition) is 6. The second-order valence-electron chi connectivity index (χ2n) is 7.20. The Morgan fingerprint density at radius 3 is 2.23 bits per heavy atom. The fraction of sp³-hybridized carbons (Fsp3) is 0.304. The molecule has 1 fully saturated rings. The normalized spacial score (nSPS) is 14.1. The Kier molecular flexibility index (Phi) is 5.61. The Bertz CT molecular complexity index is 1090. The molecule has 7 heteroatoms. The molecule has 1 saturated heterocycles. The molecule has 3 aromatic rings. The second kappa shape index (κ2) is 8.49. The van der Waals surface area contributed by atoms with Gasteiger partial charge in [-0.25, -0.2) is 14.8 Å². The lowest BCUT2D eigenvalue weighted by Gasteiger charge is -2.36. The van der Waals surface area contributed by atoms with Crippen LogP contribution < -0.4 is 4.90 Å². The maximum atomic E-state index is 12.9. The van der Waals surface area contributed by atoms with Crippen molar-refractivity contribution < 1.29 is 14.3 Å². The van der Waals surface area contributed by atoms with Gasteiger partial charge in [-0.15, -0.1) is 0 Å². The number of nitrogens with zero attached hydrogens (tertiary/aromatic N) is 4. The number of aromatic nitrogens is 2. The van der Waals surface area contributed by atoms with E-state index in [0.717, 1.165) is 16.6 Å². The zero-order valence-electron chi connectivity index (χ0n) is 17.2. The molecule has 0 radical (unpaired) electrons. The molecule has 1 aliphatic rings. The van der Waals surface area contributed by atoms with Gasteiger partial charge in [-0.1, -0.05) is 30.3 Å². The number of anilines is 1. The minimum absolute atomic E-state index is 0.0305. The summed E-state index contributed by atoms with van der Waals surface area (Å²) in [5.41, 5.74) is 3.28. The van der Waals surface area contributed by atoms with E-state index >= 15 is 0 Å². The van der Waals surface area contributed by atoms with Gasteiger partial charge in [0.1, 0.15) is 0 Å². The minimum atomic E-state index is -0.482.